The van der Waals surface area contributed by atoms with Crippen molar-refractivity contribution < 1.29 is 4.74 Å². The fourth-order valence-electron chi connectivity index (χ4n) is 1.72. The highest BCUT2D eigenvalue weighted by atomic mass is 79.9. The van der Waals surface area contributed by atoms with Gasteiger partial charge in [0, 0.05) is 10.0 Å². The van der Waals surface area contributed by atoms with Crippen LogP contribution in [0.5, 0.6) is 5.75 Å². The summed E-state index contributed by atoms with van der Waals surface area (Å²) >= 11 is 6.92. The van der Waals surface area contributed by atoms with Gasteiger partial charge in [-0.15, -0.1) is 5.10 Å². The largest absolute Gasteiger partial charge is 0.487 e. The van der Waals surface area contributed by atoms with E-state index in [2.05, 4.69) is 42.1 Å². The molecule has 0 bridgehead atoms. The van der Waals surface area contributed by atoms with Gasteiger partial charge in [0.2, 0.25) is 5.96 Å². The number of halogens is 2. The predicted molar refractivity (Wildman–Crippen MR) is 96.0 cm³/mol. The van der Waals surface area contributed by atoms with Gasteiger partial charge in [-0.2, -0.15) is 5.10 Å². The Morgan fingerprint density at radius 3 is 2.55 bits per heavy atom. The predicted octanol–water partition coefficient (Wildman–Crippen LogP) is 3.40. The standard InChI is InChI=1S/C15H14Br2N4O/c16-12-6-11(8-20-21-15(18)19)14(13(17)7-12)22-9-10-4-2-1-3-5-10/h1-8H,9H2,(H4,18,19,21). The quantitative estimate of drug-likeness (QED) is 0.437. The molecule has 0 radical (unpaired) electrons. The summed E-state index contributed by atoms with van der Waals surface area (Å²) in [6.45, 7) is 0.449. The van der Waals surface area contributed by atoms with Gasteiger partial charge in [0.25, 0.3) is 0 Å². The van der Waals surface area contributed by atoms with Crippen molar-refractivity contribution in [3.63, 3.8) is 0 Å². The van der Waals surface area contributed by atoms with Crippen molar-refractivity contribution in [3.05, 3.63) is 62.5 Å². The van der Waals surface area contributed by atoms with Crippen molar-refractivity contribution >= 4 is 44.0 Å². The highest BCUT2D eigenvalue weighted by molar-refractivity contribution is 9.11. The summed E-state index contributed by atoms with van der Waals surface area (Å²) in [5.41, 5.74) is 12.3. The average molecular weight is 426 g/mol. The Hall–Kier alpha value is -1.86. The molecule has 0 saturated heterocycles. The molecule has 0 saturated carbocycles. The molecule has 0 fully saturated rings. The molecular formula is C15H14Br2N4O. The number of rotatable bonds is 5. The molecule has 114 valence electrons. The maximum atomic E-state index is 5.90. The van der Waals surface area contributed by atoms with Crippen LogP contribution in [0.3, 0.4) is 0 Å². The fourth-order valence-corrected chi connectivity index (χ4v) is 3.09. The van der Waals surface area contributed by atoms with E-state index in [0.29, 0.717) is 12.4 Å². The van der Waals surface area contributed by atoms with Gasteiger partial charge < -0.3 is 16.2 Å². The summed E-state index contributed by atoms with van der Waals surface area (Å²) in [6, 6.07) is 13.7. The van der Waals surface area contributed by atoms with Crippen LogP contribution in [0.15, 0.2) is 61.6 Å². The molecular weight excluding hydrogens is 412 g/mol. The van der Waals surface area contributed by atoms with Crippen molar-refractivity contribution in [2.24, 2.45) is 21.7 Å². The third-order valence-electron chi connectivity index (χ3n) is 2.63. The van der Waals surface area contributed by atoms with Crippen LogP contribution >= 0.6 is 31.9 Å². The van der Waals surface area contributed by atoms with Crippen molar-refractivity contribution in [1.29, 1.82) is 0 Å². The lowest BCUT2D eigenvalue weighted by molar-refractivity contribution is 0.304. The van der Waals surface area contributed by atoms with Gasteiger partial charge in [0.05, 0.1) is 10.7 Å². The molecule has 0 aliphatic rings. The molecule has 4 N–H and O–H groups in total. The topological polar surface area (TPSA) is 86.0 Å². The van der Waals surface area contributed by atoms with Gasteiger partial charge in [0.1, 0.15) is 12.4 Å². The van der Waals surface area contributed by atoms with Crippen molar-refractivity contribution in [2.75, 3.05) is 0 Å². The van der Waals surface area contributed by atoms with Gasteiger partial charge in [-0.3, -0.25) is 0 Å². The van der Waals surface area contributed by atoms with Crippen LogP contribution in [-0.4, -0.2) is 12.2 Å². The van der Waals surface area contributed by atoms with E-state index in [1.807, 2.05) is 42.5 Å². The molecule has 2 aromatic rings. The zero-order valence-electron chi connectivity index (χ0n) is 11.5. The minimum Gasteiger partial charge on any atom is -0.487 e. The average Bonchev–Trinajstić information content (AvgIpc) is 2.47. The van der Waals surface area contributed by atoms with Crippen molar-refractivity contribution in [1.82, 2.24) is 0 Å². The number of guanidine groups is 1. The van der Waals surface area contributed by atoms with Crippen LogP contribution in [0.2, 0.25) is 0 Å². The van der Waals surface area contributed by atoms with Gasteiger partial charge in [0.15, 0.2) is 0 Å². The number of nitrogens with zero attached hydrogens (tertiary/aromatic N) is 2. The maximum Gasteiger partial charge on any atom is 0.211 e. The van der Waals surface area contributed by atoms with E-state index < -0.39 is 0 Å². The summed E-state index contributed by atoms with van der Waals surface area (Å²) in [6.07, 6.45) is 1.54. The smallest absolute Gasteiger partial charge is 0.211 e. The first kappa shape index (κ1) is 16.5. The molecule has 2 aromatic carbocycles. The molecule has 2 rings (SSSR count). The normalized spacial score (nSPS) is 10.6. The highest BCUT2D eigenvalue weighted by Gasteiger charge is 2.09. The lowest BCUT2D eigenvalue weighted by Gasteiger charge is -2.11. The van der Waals surface area contributed by atoms with Crippen LogP contribution in [0, 0.1) is 0 Å². The molecule has 22 heavy (non-hydrogen) atoms. The Morgan fingerprint density at radius 1 is 1.14 bits per heavy atom. The Balaban J connectivity index is 2.25. The first-order chi connectivity index (χ1) is 10.6. The molecule has 0 unspecified atom stereocenters. The van der Waals surface area contributed by atoms with E-state index in [-0.39, 0.29) is 5.96 Å². The Bertz CT molecular complexity index is 698. The zero-order chi connectivity index (χ0) is 15.9. The molecule has 0 spiro atoms. The fraction of sp³-hybridized carbons (Fsp3) is 0.0667. The first-order valence-electron chi connectivity index (χ1n) is 6.34. The number of benzene rings is 2. The Morgan fingerprint density at radius 2 is 1.86 bits per heavy atom. The van der Waals surface area contributed by atoms with Crippen LogP contribution in [-0.2, 0) is 6.61 Å². The van der Waals surface area contributed by atoms with Crippen LogP contribution in [0.4, 0.5) is 0 Å². The zero-order valence-corrected chi connectivity index (χ0v) is 14.7. The molecule has 0 amide bonds. The highest BCUT2D eigenvalue weighted by Crippen LogP contribution is 2.32. The van der Waals surface area contributed by atoms with E-state index in [1.54, 1.807) is 0 Å². The van der Waals surface area contributed by atoms with Crippen molar-refractivity contribution in [2.45, 2.75) is 6.61 Å². The number of ether oxygens (including phenoxy) is 1. The summed E-state index contributed by atoms with van der Waals surface area (Å²) in [5.74, 6) is 0.568. The molecule has 0 heterocycles. The third kappa shape index (κ3) is 4.85. The van der Waals surface area contributed by atoms with E-state index >= 15 is 0 Å². The number of nitrogens with two attached hydrogens (primary N) is 2. The SMILES string of the molecule is NC(N)=NN=Cc1cc(Br)cc(Br)c1OCc1ccccc1. The van der Waals surface area contributed by atoms with E-state index in [0.717, 1.165) is 20.1 Å². The summed E-state index contributed by atoms with van der Waals surface area (Å²) in [4.78, 5) is 0. The Labute approximate surface area is 145 Å². The Kier molecular flexibility index (Phi) is 5.97. The lowest BCUT2D eigenvalue weighted by Crippen LogP contribution is -2.21. The number of hydrogen-bond acceptors (Lipinski definition) is 3. The number of hydrogen-bond donors (Lipinski definition) is 2. The summed E-state index contributed by atoms with van der Waals surface area (Å²) < 4.78 is 7.59. The summed E-state index contributed by atoms with van der Waals surface area (Å²) in [5, 5.41) is 7.42. The molecule has 7 heteroatoms. The molecule has 5 nitrogen and oxygen atoms in total. The minimum atomic E-state index is -0.0999. The maximum absolute atomic E-state index is 5.90. The van der Waals surface area contributed by atoms with Gasteiger partial charge in [-0.1, -0.05) is 46.3 Å². The molecule has 0 atom stereocenters. The van der Waals surface area contributed by atoms with E-state index in [4.69, 9.17) is 16.2 Å². The summed E-state index contributed by atoms with van der Waals surface area (Å²) in [7, 11) is 0. The van der Waals surface area contributed by atoms with Crippen molar-refractivity contribution in [3.8, 4) is 5.75 Å². The lowest BCUT2D eigenvalue weighted by atomic mass is 10.2. The molecule has 0 aliphatic carbocycles. The monoisotopic (exact) mass is 424 g/mol. The third-order valence-corrected chi connectivity index (χ3v) is 3.68. The first-order valence-corrected chi connectivity index (χ1v) is 7.92. The van der Waals surface area contributed by atoms with Gasteiger partial charge in [-0.25, -0.2) is 0 Å². The minimum absolute atomic E-state index is 0.0999. The second-order valence-electron chi connectivity index (χ2n) is 4.35. The van der Waals surface area contributed by atoms with Crippen LogP contribution < -0.4 is 16.2 Å². The van der Waals surface area contributed by atoms with Gasteiger partial charge >= 0.3 is 0 Å². The molecule has 0 aromatic heterocycles. The van der Waals surface area contributed by atoms with Gasteiger partial charge in [-0.05, 0) is 33.6 Å². The second kappa shape index (κ2) is 7.95. The molecule has 0 aliphatic heterocycles. The van der Waals surface area contributed by atoms with E-state index in [1.165, 1.54) is 6.21 Å². The van der Waals surface area contributed by atoms with E-state index in [9.17, 15) is 0 Å². The second-order valence-corrected chi connectivity index (χ2v) is 6.12. The van der Waals surface area contributed by atoms with Crippen LogP contribution in [0.25, 0.3) is 0 Å². The van der Waals surface area contributed by atoms with Crippen LogP contribution in [0.1, 0.15) is 11.1 Å².